The quantitative estimate of drug-likeness (QED) is 0.855. The van der Waals surface area contributed by atoms with E-state index in [-0.39, 0.29) is 5.91 Å². The lowest BCUT2D eigenvalue weighted by Gasteiger charge is -1.98. The molecule has 0 radical (unpaired) electrons. The van der Waals surface area contributed by atoms with Crippen molar-refractivity contribution in [3.05, 3.63) is 34.2 Å². The molecule has 0 saturated carbocycles. The second kappa shape index (κ2) is 5.63. The molecule has 0 spiro atoms. The first-order valence-electron chi connectivity index (χ1n) is 5.64. The van der Waals surface area contributed by atoms with E-state index in [0.717, 1.165) is 23.4 Å². The van der Waals surface area contributed by atoms with Gasteiger partial charge in [-0.3, -0.25) is 9.89 Å². The van der Waals surface area contributed by atoms with E-state index in [2.05, 4.69) is 22.4 Å². The molecule has 0 aliphatic rings. The van der Waals surface area contributed by atoms with Crippen LogP contribution in [0.2, 0.25) is 0 Å². The van der Waals surface area contributed by atoms with E-state index >= 15 is 0 Å². The molecule has 0 unspecified atom stereocenters. The van der Waals surface area contributed by atoms with Gasteiger partial charge in [-0.15, -0.1) is 11.3 Å². The smallest absolute Gasteiger partial charge is 0.230 e. The number of aryl methyl sites for hydroxylation is 1. The molecular weight excluding hydrogens is 234 g/mol. The van der Waals surface area contributed by atoms with Gasteiger partial charge in [0.25, 0.3) is 0 Å². The molecule has 0 aliphatic carbocycles. The number of nitrogens with zero attached hydrogens (tertiary/aromatic N) is 1. The number of nitrogens with one attached hydrogen (secondary N) is 2. The molecular formula is C12H15N3OS. The van der Waals surface area contributed by atoms with Gasteiger partial charge in [-0.1, -0.05) is 19.4 Å². The van der Waals surface area contributed by atoms with Crippen molar-refractivity contribution in [2.24, 2.45) is 0 Å². The second-order valence-corrected chi connectivity index (χ2v) is 4.86. The normalized spacial score (nSPS) is 10.4. The van der Waals surface area contributed by atoms with E-state index in [1.54, 1.807) is 11.3 Å². The van der Waals surface area contributed by atoms with Crippen LogP contribution >= 0.6 is 11.3 Å². The first kappa shape index (κ1) is 11.9. The van der Waals surface area contributed by atoms with Crippen molar-refractivity contribution < 1.29 is 4.79 Å². The molecule has 17 heavy (non-hydrogen) atoms. The third kappa shape index (κ3) is 3.42. The summed E-state index contributed by atoms with van der Waals surface area (Å²) < 4.78 is 0. The fourth-order valence-electron chi connectivity index (χ4n) is 1.58. The Labute approximate surface area is 104 Å². The maximum absolute atomic E-state index is 11.7. The van der Waals surface area contributed by atoms with E-state index in [0.29, 0.717) is 12.2 Å². The third-order valence-electron chi connectivity index (χ3n) is 2.33. The lowest BCUT2D eigenvalue weighted by Crippen LogP contribution is -2.13. The number of carbonyl (C=O) groups is 1. The summed E-state index contributed by atoms with van der Waals surface area (Å²) in [5, 5.41) is 11.7. The molecule has 90 valence electrons. The molecule has 2 heterocycles. The van der Waals surface area contributed by atoms with Gasteiger partial charge in [-0.2, -0.15) is 5.10 Å². The minimum Gasteiger partial charge on any atom is -0.309 e. The average molecular weight is 249 g/mol. The molecule has 0 bridgehead atoms. The molecule has 0 atom stereocenters. The number of anilines is 1. The Balaban J connectivity index is 1.89. The first-order valence-corrected chi connectivity index (χ1v) is 6.52. The van der Waals surface area contributed by atoms with Crippen LogP contribution in [-0.4, -0.2) is 16.1 Å². The van der Waals surface area contributed by atoms with Crippen molar-refractivity contribution in [3.63, 3.8) is 0 Å². The summed E-state index contributed by atoms with van der Waals surface area (Å²) in [4.78, 5) is 12.8. The monoisotopic (exact) mass is 249 g/mol. The summed E-state index contributed by atoms with van der Waals surface area (Å²) in [6.45, 7) is 2.11. The molecule has 0 fully saturated rings. The number of aromatic nitrogens is 2. The van der Waals surface area contributed by atoms with Gasteiger partial charge < -0.3 is 5.32 Å². The van der Waals surface area contributed by atoms with Crippen LogP contribution in [0, 0.1) is 0 Å². The van der Waals surface area contributed by atoms with Gasteiger partial charge in [0.05, 0.1) is 6.42 Å². The SMILES string of the molecule is CCCc1cc(NC(=O)Cc2cccs2)n[nH]1. The Hall–Kier alpha value is -1.62. The van der Waals surface area contributed by atoms with Gasteiger partial charge in [0.2, 0.25) is 5.91 Å². The van der Waals surface area contributed by atoms with Crippen LogP contribution in [-0.2, 0) is 17.6 Å². The number of thiophene rings is 1. The van der Waals surface area contributed by atoms with E-state index < -0.39 is 0 Å². The zero-order valence-corrected chi connectivity index (χ0v) is 10.5. The maximum Gasteiger partial charge on any atom is 0.230 e. The third-order valence-corrected chi connectivity index (χ3v) is 3.21. The van der Waals surface area contributed by atoms with Crippen LogP contribution < -0.4 is 5.32 Å². The second-order valence-electron chi connectivity index (χ2n) is 3.83. The lowest BCUT2D eigenvalue weighted by atomic mass is 10.2. The highest BCUT2D eigenvalue weighted by Crippen LogP contribution is 2.11. The Morgan fingerprint density at radius 1 is 1.59 bits per heavy atom. The molecule has 0 aliphatic heterocycles. The molecule has 1 amide bonds. The van der Waals surface area contributed by atoms with Crippen molar-refractivity contribution in [1.29, 1.82) is 0 Å². The molecule has 2 rings (SSSR count). The van der Waals surface area contributed by atoms with E-state index in [1.165, 1.54) is 0 Å². The predicted octanol–water partition coefficient (Wildman–Crippen LogP) is 2.60. The maximum atomic E-state index is 11.7. The zero-order chi connectivity index (χ0) is 12.1. The van der Waals surface area contributed by atoms with Crippen LogP contribution in [0.15, 0.2) is 23.6 Å². The van der Waals surface area contributed by atoms with E-state index in [1.807, 2.05) is 23.6 Å². The summed E-state index contributed by atoms with van der Waals surface area (Å²) >= 11 is 1.59. The van der Waals surface area contributed by atoms with Gasteiger partial charge in [0.1, 0.15) is 0 Å². The van der Waals surface area contributed by atoms with Crippen molar-refractivity contribution in [3.8, 4) is 0 Å². The number of amides is 1. The Morgan fingerprint density at radius 3 is 3.18 bits per heavy atom. The van der Waals surface area contributed by atoms with Crippen LogP contribution in [0.4, 0.5) is 5.82 Å². The van der Waals surface area contributed by atoms with Gasteiger partial charge in [0, 0.05) is 16.6 Å². The summed E-state index contributed by atoms with van der Waals surface area (Å²) in [5.74, 6) is 0.581. The minimum absolute atomic E-state index is 0.0259. The van der Waals surface area contributed by atoms with Crippen LogP contribution in [0.25, 0.3) is 0 Å². The molecule has 5 heteroatoms. The Morgan fingerprint density at radius 2 is 2.47 bits per heavy atom. The number of rotatable bonds is 5. The first-order chi connectivity index (χ1) is 8.28. The van der Waals surface area contributed by atoms with Crippen LogP contribution in [0.3, 0.4) is 0 Å². The Kier molecular flexibility index (Phi) is 3.93. The highest BCUT2D eigenvalue weighted by molar-refractivity contribution is 7.10. The highest BCUT2D eigenvalue weighted by atomic mass is 32.1. The van der Waals surface area contributed by atoms with Gasteiger partial charge >= 0.3 is 0 Å². The largest absolute Gasteiger partial charge is 0.309 e. The van der Waals surface area contributed by atoms with E-state index in [4.69, 9.17) is 0 Å². The summed E-state index contributed by atoms with van der Waals surface area (Å²) in [6.07, 6.45) is 2.42. The van der Waals surface area contributed by atoms with Crippen molar-refractivity contribution >= 4 is 23.1 Å². The Bertz CT molecular complexity index is 476. The molecule has 2 N–H and O–H groups in total. The lowest BCUT2D eigenvalue weighted by molar-refractivity contribution is -0.115. The molecule has 2 aromatic rings. The minimum atomic E-state index is -0.0259. The van der Waals surface area contributed by atoms with E-state index in [9.17, 15) is 4.79 Å². The summed E-state index contributed by atoms with van der Waals surface area (Å²) in [6, 6.07) is 5.79. The van der Waals surface area contributed by atoms with Crippen LogP contribution in [0.5, 0.6) is 0 Å². The number of H-pyrrole nitrogens is 1. The summed E-state index contributed by atoms with van der Waals surface area (Å²) in [5.41, 5.74) is 1.05. The molecule has 0 saturated heterocycles. The number of hydrogen-bond donors (Lipinski definition) is 2. The van der Waals surface area contributed by atoms with Crippen LogP contribution in [0.1, 0.15) is 23.9 Å². The topological polar surface area (TPSA) is 57.8 Å². The summed E-state index contributed by atoms with van der Waals surface area (Å²) in [7, 11) is 0. The number of hydrogen-bond acceptors (Lipinski definition) is 3. The van der Waals surface area contributed by atoms with Gasteiger partial charge in [-0.25, -0.2) is 0 Å². The van der Waals surface area contributed by atoms with Crippen molar-refractivity contribution in [2.75, 3.05) is 5.32 Å². The molecule has 2 aromatic heterocycles. The number of aromatic amines is 1. The molecule has 4 nitrogen and oxygen atoms in total. The van der Waals surface area contributed by atoms with Gasteiger partial charge in [0.15, 0.2) is 5.82 Å². The standard InChI is InChI=1S/C12H15N3OS/c1-2-4-9-7-11(15-14-9)13-12(16)8-10-5-3-6-17-10/h3,5-7H,2,4,8H2,1H3,(H2,13,14,15,16). The number of carbonyl (C=O) groups excluding carboxylic acids is 1. The predicted molar refractivity (Wildman–Crippen MR) is 69.2 cm³/mol. The molecule has 0 aromatic carbocycles. The fourth-order valence-corrected chi connectivity index (χ4v) is 2.28. The highest BCUT2D eigenvalue weighted by Gasteiger charge is 2.07. The average Bonchev–Trinajstić information content (AvgIpc) is 2.91. The van der Waals surface area contributed by atoms with Crippen molar-refractivity contribution in [2.45, 2.75) is 26.2 Å². The van der Waals surface area contributed by atoms with Gasteiger partial charge in [-0.05, 0) is 17.9 Å². The zero-order valence-electron chi connectivity index (χ0n) is 9.69. The van der Waals surface area contributed by atoms with Crippen molar-refractivity contribution in [1.82, 2.24) is 10.2 Å². The fraction of sp³-hybridized carbons (Fsp3) is 0.333.